The Morgan fingerprint density at radius 1 is 1.15 bits per heavy atom. The summed E-state index contributed by atoms with van der Waals surface area (Å²) in [5.74, 6) is 1.46. The lowest BCUT2D eigenvalue weighted by Gasteiger charge is -2.17. The molecule has 0 saturated carbocycles. The normalized spacial score (nSPS) is 15.5. The maximum Gasteiger partial charge on any atom is 0.242 e. The van der Waals surface area contributed by atoms with Crippen molar-refractivity contribution < 1.29 is 9.47 Å². The fraction of sp³-hybridized carbons (Fsp3) is 0.364. The molecule has 0 aliphatic carbocycles. The van der Waals surface area contributed by atoms with Gasteiger partial charge >= 0.3 is 0 Å². The molecule has 5 heterocycles. The fourth-order valence-electron chi connectivity index (χ4n) is 3.98. The predicted molar refractivity (Wildman–Crippen MR) is 125 cm³/mol. The fourth-order valence-corrected chi connectivity index (χ4v) is 3.98. The van der Waals surface area contributed by atoms with Crippen molar-refractivity contribution in [2.45, 2.75) is 13.5 Å². The van der Waals surface area contributed by atoms with Crippen LogP contribution in [0.3, 0.4) is 0 Å². The second-order valence-corrected chi connectivity index (χ2v) is 8.05. The number of nitrogens with two attached hydrogens (primary N) is 1. The van der Waals surface area contributed by atoms with Crippen LogP contribution in [0, 0.1) is 0 Å². The van der Waals surface area contributed by atoms with E-state index in [2.05, 4.69) is 25.1 Å². The molecule has 1 aliphatic heterocycles. The van der Waals surface area contributed by atoms with Crippen molar-refractivity contribution in [3.63, 3.8) is 0 Å². The van der Waals surface area contributed by atoms with Crippen molar-refractivity contribution in [2.75, 3.05) is 32.5 Å². The zero-order chi connectivity index (χ0) is 23.1. The molecule has 4 aromatic heterocycles. The van der Waals surface area contributed by atoms with E-state index in [9.17, 15) is 0 Å². The highest BCUT2D eigenvalue weighted by molar-refractivity contribution is 5.76. The minimum Gasteiger partial charge on any atom is -0.476 e. The Labute approximate surface area is 191 Å². The molecule has 11 heteroatoms. The second-order valence-electron chi connectivity index (χ2n) is 8.05. The number of anilines is 1. The third-order valence-electron chi connectivity index (χ3n) is 5.62. The molecule has 11 nitrogen and oxygen atoms in total. The van der Waals surface area contributed by atoms with E-state index in [1.807, 2.05) is 61.7 Å². The van der Waals surface area contributed by atoms with Gasteiger partial charge < -0.3 is 15.2 Å². The Balaban J connectivity index is 1.70. The summed E-state index contributed by atoms with van der Waals surface area (Å²) in [6.07, 6.45) is 9.57. The third-order valence-corrected chi connectivity index (χ3v) is 5.62. The molecule has 0 unspecified atom stereocenters. The lowest BCUT2D eigenvalue weighted by molar-refractivity contribution is 0.223. The monoisotopic (exact) mass is 449 g/mol. The first kappa shape index (κ1) is 21.0. The summed E-state index contributed by atoms with van der Waals surface area (Å²) in [4.78, 5) is 11.2. The van der Waals surface area contributed by atoms with Gasteiger partial charge in [-0.15, -0.1) is 10.2 Å². The van der Waals surface area contributed by atoms with Gasteiger partial charge in [-0.1, -0.05) is 0 Å². The summed E-state index contributed by atoms with van der Waals surface area (Å²) >= 11 is 0. The van der Waals surface area contributed by atoms with Crippen molar-refractivity contribution in [3.05, 3.63) is 35.5 Å². The number of nitrogens with zero attached hydrogens (tertiary/aromatic N) is 8. The number of hydrogen-bond acceptors (Lipinski definition) is 8. The van der Waals surface area contributed by atoms with Crippen LogP contribution in [-0.4, -0.2) is 65.6 Å². The summed E-state index contributed by atoms with van der Waals surface area (Å²) in [7, 11) is 5.84. The number of likely N-dealkylation sites (N-methyl/N-ethyl adjacent to an activating group) is 1. The molecule has 5 rings (SSSR count). The first-order valence-corrected chi connectivity index (χ1v) is 10.8. The van der Waals surface area contributed by atoms with Crippen LogP contribution in [0.5, 0.6) is 11.8 Å². The maximum atomic E-state index is 6.26. The molecule has 172 valence electrons. The van der Waals surface area contributed by atoms with Crippen molar-refractivity contribution in [3.8, 4) is 23.0 Å². The quantitative estimate of drug-likeness (QED) is 0.493. The molecule has 0 saturated heterocycles. The van der Waals surface area contributed by atoms with Crippen LogP contribution in [-0.2, 0) is 20.6 Å². The van der Waals surface area contributed by atoms with Crippen molar-refractivity contribution in [2.24, 2.45) is 14.1 Å². The topological polar surface area (TPSA) is 114 Å². The summed E-state index contributed by atoms with van der Waals surface area (Å²) < 4.78 is 17.4. The number of nitrogen functional groups attached to an aromatic ring is 1. The second kappa shape index (κ2) is 8.24. The van der Waals surface area contributed by atoms with E-state index >= 15 is 0 Å². The van der Waals surface area contributed by atoms with Gasteiger partial charge in [-0.25, -0.2) is 9.97 Å². The summed E-state index contributed by atoms with van der Waals surface area (Å²) in [6.45, 7) is 4.34. The van der Waals surface area contributed by atoms with E-state index in [0.717, 1.165) is 22.5 Å². The number of hydrogen-bond donors (Lipinski definition) is 1. The standard InChI is InChI=1S/C22H27N9O2/c1-5-32-21-15-7-6-14-10-24-20-19(23)25-17(12-31(14)20)16-11-29(3)26-22(16)33-9-8-28(2)13-18(15)30(4)27-21/h6-7,10-12H,5,8-9,13H2,1-4H3,(H2,23,25)/b7-6+. The van der Waals surface area contributed by atoms with Crippen molar-refractivity contribution >= 4 is 23.6 Å². The number of imidazole rings is 1. The van der Waals surface area contributed by atoms with E-state index in [1.165, 1.54) is 0 Å². The highest BCUT2D eigenvalue weighted by atomic mass is 16.5. The Morgan fingerprint density at radius 2 is 2.00 bits per heavy atom. The summed E-state index contributed by atoms with van der Waals surface area (Å²) in [5.41, 5.74) is 11.1. The largest absolute Gasteiger partial charge is 0.476 e. The van der Waals surface area contributed by atoms with Crippen LogP contribution >= 0.6 is 0 Å². The van der Waals surface area contributed by atoms with Gasteiger partial charge in [0.2, 0.25) is 11.8 Å². The average Bonchev–Trinajstić information content (AvgIpc) is 3.43. The van der Waals surface area contributed by atoms with Crippen LogP contribution < -0.4 is 15.2 Å². The predicted octanol–water partition coefficient (Wildman–Crippen LogP) is 1.84. The van der Waals surface area contributed by atoms with Crippen LogP contribution in [0.4, 0.5) is 5.82 Å². The minimum atomic E-state index is 0.336. The molecule has 0 aromatic carbocycles. The van der Waals surface area contributed by atoms with E-state index in [4.69, 9.17) is 15.2 Å². The molecule has 0 spiro atoms. The lowest BCUT2D eigenvalue weighted by Crippen LogP contribution is -2.25. The molecule has 33 heavy (non-hydrogen) atoms. The summed E-state index contributed by atoms with van der Waals surface area (Å²) in [5, 5.41) is 9.07. The number of ether oxygens (including phenoxy) is 2. The Kier molecular flexibility index (Phi) is 5.25. The molecule has 0 radical (unpaired) electrons. The SMILES string of the molecule is CCOc1nn(C)c2c1/C=C/c1cnc3c(N)nc(cn13)-c1cn(C)nc1OCCN(C)C2. The average molecular weight is 450 g/mol. The van der Waals surface area contributed by atoms with E-state index in [1.54, 1.807) is 10.9 Å². The van der Waals surface area contributed by atoms with Gasteiger partial charge in [0.15, 0.2) is 11.5 Å². The Morgan fingerprint density at radius 3 is 2.82 bits per heavy atom. The first-order chi connectivity index (χ1) is 15.9. The minimum absolute atomic E-state index is 0.336. The van der Waals surface area contributed by atoms with E-state index in [-0.39, 0.29) is 0 Å². The number of aryl methyl sites for hydroxylation is 2. The van der Waals surface area contributed by atoms with Crippen LogP contribution in [0.25, 0.3) is 29.1 Å². The summed E-state index contributed by atoms with van der Waals surface area (Å²) in [6, 6.07) is 0. The molecule has 4 aromatic rings. The van der Waals surface area contributed by atoms with E-state index in [0.29, 0.717) is 55.2 Å². The van der Waals surface area contributed by atoms with E-state index < -0.39 is 0 Å². The van der Waals surface area contributed by atoms with Crippen LogP contribution in [0.1, 0.15) is 23.9 Å². The van der Waals surface area contributed by atoms with Gasteiger partial charge in [0.1, 0.15) is 6.61 Å². The van der Waals surface area contributed by atoms with Crippen molar-refractivity contribution in [1.82, 2.24) is 38.8 Å². The van der Waals surface area contributed by atoms with Crippen LogP contribution in [0.2, 0.25) is 0 Å². The van der Waals surface area contributed by atoms with Gasteiger partial charge in [0, 0.05) is 39.6 Å². The number of aromatic nitrogens is 7. The number of rotatable bonds is 2. The smallest absolute Gasteiger partial charge is 0.242 e. The lowest BCUT2D eigenvalue weighted by atomic mass is 10.2. The molecule has 0 amide bonds. The van der Waals surface area contributed by atoms with Gasteiger partial charge in [-0.3, -0.25) is 18.7 Å². The zero-order valence-corrected chi connectivity index (χ0v) is 19.2. The van der Waals surface area contributed by atoms with Gasteiger partial charge in [-0.2, -0.15) is 0 Å². The highest BCUT2D eigenvalue weighted by Crippen LogP contribution is 2.30. The molecular weight excluding hydrogens is 422 g/mol. The molecule has 0 atom stereocenters. The van der Waals surface area contributed by atoms with Crippen LogP contribution in [0.15, 0.2) is 18.6 Å². The van der Waals surface area contributed by atoms with Crippen molar-refractivity contribution in [1.29, 1.82) is 0 Å². The van der Waals surface area contributed by atoms with Gasteiger partial charge in [0.25, 0.3) is 0 Å². The molecule has 2 N–H and O–H groups in total. The third kappa shape index (κ3) is 3.80. The first-order valence-electron chi connectivity index (χ1n) is 10.8. The maximum absolute atomic E-state index is 6.26. The highest BCUT2D eigenvalue weighted by Gasteiger charge is 2.20. The Hall–Kier alpha value is -3.86. The molecule has 2 bridgehead atoms. The van der Waals surface area contributed by atoms with Gasteiger partial charge in [-0.05, 0) is 26.1 Å². The zero-order valence-electron chi connectivity index (χ0n) is 19.2. The molecule has 1 aliphatic rings. The number of fused-ring (bicyclic) bond motifs is 4. The van der Waals surface area contributed by atoms with Gasteiger partial charge in [0.05, 0.1) is 41.0 Å². The molecule has 0 fully saturated rings. The Bertz CT molecular complexity index is 1350. The molecular formula is C22H27N9O2.